The number of pyridine rings is 1. The largest absolute Gasteiger partial charge is 0.453 e. The van der Waals surface area contributed by atoms with E-state index in [1.165, 1.54) is 38.4 Å². The number of benzene rings is 1. The van der Waals surface area contributed by atoms with E-state index in [-0.39, 0.29) is 27.4 Å². The highest BCUT2D eigenvalue weighted by Gasteiger charge is 2.21. The Hall–Kier alpha value is -2.20. The molecule has 0 atom stereocenters. The molecule has 2 heterocycles. The van der Waals surface area contributed by atoms with Gasteiger partial charge in [0.15, 0.2) is 5.69 Å². The van der Waals surface area contributed by atoms with Crippen LogP contribution in [-0.2, 0) is 27.9 Å². The van der Waals surface area contributed by atoms with Crippen LogP contribution >= 0.6 is 23.2 Å². The zero-order valence-corrected chi connectivity index (χ0v) is 18.2. The molecule has 2 aromatic heterocycles. The average molecular weight is 457 g/mol. The van der Waals surface area contributed by atoms with E-state index in [4.69, 9.17) is 27.9 Å². The number of aryl methyl sites for hydroxylation is 1. The fraction of sp³-hybridized carbons (Fsp3) is 0.278. The van der Waals surface area contributed by atoms with Crippen LogP contribution in [0.5, 0.6) is 0 Å². The van der Waals surface area contributed by atoms with Gasteiger partial charge in [0.25, 0.3) is 0 Å². The molecule has 0 amide bonds. The summed E-state index contributed by atoms with van der Waals surface area (Å²) in [4.78, 5) is 20.8. The second kappa shape index (κ2) is 8.27. The number of fused-ring (bicyclic) bond motifs is 1. The van der Waals surface area contributed by atoms with Crippen molar-refractivity contribution >= 4 is 50.2 Å². The molecule has 11 heteroatoms. The monoisotopic (exact) mass is 456 g/mol. The van der Waals surface area contributed by atoms with Gasteiger partial charge in [-0.1, -0.05) is 23.2 Å². The van der Waals surface area contributed by atoms with E-state index in [9.17, 15) is 13.2 Å². The molecule has 0 fully saturated rings. The molecule has 0 unspecified atom stereocenters. The molecule has 0 spiro atoms. The van der Waals surface area contributed by atoms with E-state index in [0.29, 0.717) is 17.9 Å². The van der Waals surface area contributed by atoms with Crippen molar-refractivity contribution < 1.29 is 17.9 Å². The number of imidazole rings is 1. The first-order valence-corrected chi connectivity index (χ1v) is 10.8. The van der Waals surface area contributed by atoms with Crippen molar-refractivity contribution in [3.05, 3.63) is 52.0 Å². The van der Waals surface area contributed by atoms with Crippen LogP contribution in [0, 0.1) is 0 Å². The number of nitrogens with zero attached hydrogens (tertiary/aromatic N) is 4. The summed E-state index contributed by atoms with van der Waals surface area (Å²) < 4.78 is 33.0. The Labute approximate surface area is 178 Å². The van der Waals surface area contributed by atoms with E-state index >= 15 is 0 Å². The van der Waals surface area contributed by atoms with Crippen LogP contribution in [0.2, 0.25) is 10.2 Å². The van der Waals surface area contributed by atoms with Gasteiger partial charge in [-0.25, -0.2) is 27.5 Å². The maximum absolute atomic E-state index is 12.4. The number of carbonyl (C=O) groups is 1. The van der Waals surface area contributed by atoms with Crippen LogP contribution in [0.25, 0.3) is 11.0 Å². The highest BCUT2D eigenvalue weighted by atomic mass is 35.5. The van der Waals surface area contributed by atoms with Crippen LogP contribution in [0.15, 0.2) is 35.2 Å². The summed E-state index contributed by atoms with van der Waals surface area (Å²) in [6, 6.07) is 7.63. The van der Waals surface area contributed by atoms with E-state index in [2.05, 4.69) is 9.97 Å². The van der Waals surface area contributed by atoms with Gasteiger partial charge in [-0.05, 0) is 37.3 Å². The molecule has 3 aromatic rings. The predicted octanol–water partition coefficient (Wildman–Crippen LogP) is 3.37. The lowest BCUT2D eigenvalue weighted by Gasteiger charge is -2.11. The van der Waals surface area contributed by atoms with Crippen LogP contribution < -0.4 is 0 Å². The molecule has 0 aliphatic carbocycles. The molecule has 154 valence electrons. The number of sulfonamides is 1. The summed E-state index contributed by atoms with van der Waals surface area (Å²) in [6.07, 6.45) is 0. The first kappa shape index (κ1) is 21.5. The Morgan fingerprint density at radius 1 is 1.17 bits per heavy atom. The van der Waals surface area contributed by atoms with Crippen LogP contribution in [0.1, 0.15) is 23.2 Å². The van der Waals surface area contributed by atoms with Crippen molar-refractivity contribution in [2.75, 3.05) is 14.1 Å². The Kier molecular flexibility index (Phi) is 6.13. The minimum atomic E-state index is -3.59. The number of hydrogen-bond donors (Lipinski definition) is 0. The molecule has 3 rings (SSSR count). The minimum absolute atomic E-state index is 0.0855. The van der Waals surface area contributed by atoms with Gasteiger partial charge in [-0.15, -0.1) is 0 Å². The second-order valence-corrected chi connectivity index (χ2v) is 9.20. The first-order valence-electron chi connectivity index (χ1n) is 8.56. The van der Waals surface area contributed by atoms with Crippen molar-refractivity contribution in [3.8, 4) is 0 Å². The fourth-order valence-electron chi connectivity index (χ4n) is 2.75. The zero-order valence-electron chi connectivity index (χ0n) is 15.9. The average Bonchev–Trinajstić information content (AvgIpc) is 3.04. The number of hydrogen-bond acceptors (Lipinski definition) is 6. The van der Waals surface area contributed by atoms with Gasteiger partial charge in [0, 0.05) is 20.6 Å². The highest BCUT2D eigenvalue weighted by molar-refractivity contribution is 7.89. The fourth-order valence-corrected chi connectivity index (χ4v) is 4.01. The van der Waals surface area contributed by atoms with Gasteiger partial charge in [-0.3, -0.25) is 0 Å². The summed E-state index contributed by atoms with van der Waals surface area (Å²) in [5.41, 5.74) is 1.13. The number of rotatable bonds is 6. The summed E-state index contributed by atoms with van der Waals surface area (Å²) in [5.74, 6) is -0.267. The summed E-state index contributed by atoms with van der Waals surface area (Å²) in [7, 11) is -0.661. The zero-order chi connectivity index (χ0) is 21.3. The molecule has 29 heavy (non-hydrogen) atoms. The molecule has 0 bridgehead atoms. The third-order valence-corrected chi connectivity index (χ3v) is 6.56. The molecule has 0 N–H and O–H groups in total. The van der Waals surface area contributed by atoms with Crippen molar-refractivity contribution in [2.45, 2.75) is 25.0 Å². The van der Waals surface area contributed by atoms with Gasteiger partial charge in [0.1, 0.15) is 17.6 Å². The number of carbonyl (C=O) groups excluding carboxylic acids is 1. The van der Waals surface area contributed by atoms with Crippen molar-refractivity contribution in [1.29, 1.82) is 0 Å². The quantitative estimate of drug-likeness (QED) is 0.416. The van der Waals surface area contributed by atoms with Gasteiger partial charge >= 0.3 is 5.97 Å². The van der Waals surface area contributed by atoms with E-state index in [1.807, 2.05) is 11.5 Å². The molecular weight excluding hydrogens is 439 g/mol. The summed E-state index contributed by atoms with van der Waals surface area (Å²) in [6.45, 7) is 2.33. The van der Waals surface area contributed by atoms with E-state index in [0.717, 1.165) is 9.82 Å². The summed E-state index contributed by atoms with van der Waals surface area (Å²) in [5, 5.41) is 0.249. The molecule has 0 saturated carbocycles. The Morgan fingerprint density at radius 3 is 2.55 bits per heavy atom. The maximum Gasteiger partial charge on any atom is 0.358 e. The molecule has 0 aliphatic rings. The number of halogens is 2. The summed E-state index contributed by atoms with van der Waals surface area (Å²) >= 11 is 11.8. The van der Waals surface area contributed by atoms with Gasteiger partial charge < -0.3 is 9.30 Å². The molecule has 0 aliphatic heterocycles. The standard InChI is InChI=1S/C18H18Cl2N4O4S/c1-4-24-14-7-5-11(29(26,27)23(2)3)9-13(14)21-16(24)10-28-18(25)17-12(19)6-8-15(20)22-17/h5-9H,4,10H2,1-3H3. The topological polar surface area (TPSA) is 94.4 Å². The van der Waals surface area contributed by atoms with Crippen LogP contribution in [0.4, 0.5) is 0 Å². The Morgan fingerprint density at radius 2 is 1.90 bits per heavy atom. The first-order chi connectivity index (χ1) is 13.6. The van der Waals surface area contributed by atoms with Crippen molar-refractivity contribution in [2.24, 2.45) is 0 Å². The molecule has 8 nitrogen and oxygen atoms in total. The predicted molar refractivity (Wildman–Crippen MR) is 110 cm³/mol. The smallest absolute Gasteiger partial charge is 0.358 e. The van der Waals surface area contributed by atoms with Gasteiger partial charge in [-0.2, -0.15) is 0 Å². The second-order valence-electron chi connectivity index (χ2n) is 6.25. The molecule has 1 aromatic carbocycles. The lowest BCUT2D eigenvalue weighted by molar-refractivity contribution is 0.0452. The number of ether oxygens (including phenoxy) is 1. The minimum Gasteiger partial charge on any atom is -0.453 e. The van der Waals surface area contributed by atoms with Crippen LogP contribution in [-0.4, -0.2) is 47.3 Å². The van der Waals surface area contributed by atoms with E-state index < -0.39 is 16.0 Å². The Balaban J connectivity index is 1.91. The Bertz CT molecular complexity index is 1190. The lowest BCUT2D eigenvalue weighted by atomic mass is 10.3. The lowest BCUT2D eigenvalue weighted by Crippen LogP contribution is -2.22. The molecular formula is C18H18Cl2N4O4S. The highest BCUT2D eigenvalue weighted by Crippen LogP contribution is 2.23. The molecule has 0 radical (unpaired) electrons. The number of aromatic nitrogens is 3. The number of esters is 1. The SMILES string of the molecule is CCn1c(COC(=O)c2nc(Cl)ccc2Cl)nc2cc(S(=O)(=O)N(C)C)ccc21. The molecule has 0 saturated heterocycles. The third kappa shape index (κ3) is 4.23. The maximum atomic E-state index is 12.4. The van der Waals surface area contributed by atoms with Crippen molar-refractivity contribution in [3.63, 3.8) is 0 Å². The third-order valence-electron chi connectivity index (χ3n) is 4.23. The van der Waals surface area contributed by atoms with Crippen molar-refractivity contribution in [1.82, 2.24) is 18.8 Å². The van der Waals surface area contributed by atoms with Gasteiger partial charge in [0.05, 0.1) is 21.0 Å². The van der Waals surface area contributed by atoms with Crippen LogP contribution in [0.3, 0.4) is 0 Å². The van der Waals surface area contributed by atoms with Gasteiger partial charge in [0.2, 0.25) is 10.0 Å². The normalized spacial score (nSPS) is 11.9. The van der Waals surface area contributed by atoms with E-state index in [1.54, 1.807) is 6.07 Å².